The van der Waals surface area contributed by atoms with Crippen LogP contribution in [0.25, 0.3) is 0 Å². The van der Waals surface area contributed by atoms with E-state index in [1.54, 1.807) is 6.20 Å². The molecule has 0 radical (unpaired) electrons. The van der Waals surface area contributed by atoms with E-state index in [9.17, 15) is 0 Å². The highest BCUT2D eigenvalue weighted by Gasteiger charge is 2.02. The topological polar surface area (TPSA) is 47.0 Å². The van der Waals surface area contributed by atoms with Gasteiger partial charge in [0.25, 0.3) is 0 Å². The highest BCUT2D eigenvalue weighted by molar-refractivity contribution is 5.47. The number of anilines is 1. The van der Waals surface area contributed by atoms with Gasteiger partial charge in [-0.1, -0.05) is 0 Å². The lowest BCUT2D eigenvalue weighted by Crippen LogP contribution is -2.02. The average molecular weight is 167 g/mol. The average Bonchev–Trinajstić information content (AvgIpc) is 2.08. The van der Waals surface area contributed by atoms with Crippen LogP contribution in [0, 0.1) is 6.92 Å². The molecule has 1 N–H and O–H groups in total. The Kier molecular flexibility index (Phi) is 2.85. The summed E-state index contributed by atoms with van der Waals surface area (Å²) in [5.41, 5.74) is 0. The van der Waals surface area contributed by atoms with Crippen LogP contribution in [0.5, 0.6) is 5.75 Å². The lowest BCUT2D eigenvalue weighted by atomic mass is 10.5. The zero-order chi connectivity index (χ0) is 8.97. The Morgan fingerprint density at radius 2 is 2.33 bits per heavy atom. The van der Waals surface area contributed by atoms with E-state index in [0.717, 1.165) is 11.6 Å². The van der Waals surface area contributed by atoms with Gasteiger partial charge in [0.05, 0.1) is 12.8 Å². The van der Waals surface area contributed by atoms with Crippen LogP contribution in [0.4, 0.5) is 5.82 Å². The summed E-state index contributed by atoms with van der Waals surface area (Å²) in [7, 11) is 1.81. The fourth-order valence-corrected chi connectivity index (χ4v) is 0.899. The second kappa shape index (κ2) is 3.90. The lowest BCUT2D eigenvalue weighted by molar-refractivity contribution is 0.339. The molecule has 0 aliphatic carbocycles. The van der Waals surface area contributed by atoms with E-state index < -0.39 is 0 Å². The van der Waals surface area contributed by atoms with Gasteiger partial charge in [-0.05, 0) is 13.8 Å². The van der Waals surface area contributed by atoms with E-state index in [4.69, 9.17) is 4.74 Å². The van der Waals surface area contributed by atoms with Crippen LogP contribution in [0.1, 0.15) is 12.7 Å². The van der Waals surface area contributed by atoms with Crippen LogP contribution in [-0.2, 0) is 0 Å². The molecule has 0 amide bonds. The molecular weight excluding hydrogens is 154 g/mol. The van der Waals surface area contributed by atoms with Crippen molar-refractivity contribution in [1.29, 1.82) is 0 Å². The van der Waals surface area contributed by atoms with E-state index in [-0.39, 0.29) is 0 Å². The normalized spacial score (nSPS) is 9.58. The standard InChI is InChI=1S/C8H13N3O/c1-4-12-7-5-10-6(2)11-8(7)9-3/h5H,4H2,1-3H3,(H,9,10,11). The minimum Gasteiger partial charge on any atom is -0.488 e. The Morgan fingerprint density at radius 3 is 2.92 bits per heavy atom. The first-order valence-electron chi connectivity index (χ1n) is 3.92. The van der Waals surface area contributed by atoms with Gasteiger partial charge in [-0.25, -0.2) is 9.97 Å². The molecule has 66 valence electrons. The molecule has 0 saturated heterocycles. The number of aromatic nitrogens is 2. The molecule has 1 rings (SSSR count). The Labute approximate surface area is 72.0 Å². The Bertz CT molecular complexity index is 262. The Hall–Kier alpha value is -1.32. The third kappa shape index (κ3) is 1.84. The largest absolute Gasteiger partial charge is 0.488 e. The third-order valence-corrected chi connectivity index (χ3v) is 1.41. The number of nitrogens with zero attached hydrogens (tertiary/aromatic N) is 2. The Morgan fingerprint density at radius 1 is 1.58 bits per heavy atom. The van der Waals surface area contributed by atoms with Crippen molar-refractivity contribution >= 4 is 5.82 Å². The van der Waals surface area contributed by atoms with Crippen molar-refractivity contribution in [3.05, 3.63) is 12.0 Å². The summed E-state index contributed by atoms with van der Waals surface area (Å²) in [4.78, 5) is 8.19. The van der Waals surface area contributed by atoms with Crippen molar-refractivity contribution in [3.63, 3.8) is 0 Å². The zero-order valence-corrected chi connectivity index (χ0v) is 7.59. The van der Waals surface area contributed by atoms with Gasteiger partial charge in [0.2, 0.25) is 0 Å². The molecule has 0 aliphatic rings. The van der Waals surface area contributed by atoms with E-state index in [1.807, 2.05) is 20.9 Å². The maximum atomic E-state index is 5.30. The van der Waals surface area contributed by atoms with Gasteiger partial charge in [-0.15, -0.1) is 0 Å². The SMILES string of the molecule is CCOc1cnc(C)nc1NC. The molecule has 0 bridgehead atoms. The molecule has 0 aromatic carbocycles. The first-order chi connectivity index (χ1) is 5.77. The number of nitrogens with one attached hydrogen (secondary N) is 1. The first kappa shape index (κ1) is 8.77. The van der Waals surface area contributed by atoms with Gasteiger partial charge in [0.15, 0.2) is 11.6 Å². The third-order valence-electron chi connectivity index (χ3n) is 1.41. The summed E-state index contributed by atoms with van der Waals surface area (Å²) in [6.45, 7) is 4.40. The smallest absolute Gasteiger partial charge is 0.179 e. The maximum Gasteiger partial charge on any atom is 0.179 e. The quantitative estimate of drug-likeness (QED) is 0.735. The van der Waals surface area contributed by atoms with E-state index in [1.165, 1.54) is 0 Å². The van der Waals surface area contributed by atoms with E-state index in [0.29, 0.717) is 12.4 Å². The molecule has 4 heteroatoms. The van der Waals surface area contributed by atoms with Crippen molar-refractivity contribution in [2.45, 2.75) is 13.8 Å². The fourth-order valence-electron chi connectivity index (χ4n) is 0.899. The van der Waals surface area contributed by atoms with Crippen LogP contribution >= 0.6 is 0 Å². The van der Waals surface area contributed by atoms with Gasteiger partial charge in [0.1, 0.15) is 5.82 Å². The molecule has 1 aromatic heterocycles. The zero-order valence-electron chi connectivity index (χ0n) is 7.59. The molecule has 1 aromatic rings. The molecule has 4 nitrogen and oxygen atoms in total. The van der Waals surface area contributed by atoms with Crippen LogP contribution in [-0.4, -0.2) is 23.6 Å². The number of aryl methyl sites for hydroxylation is 1. The second-order valence-electron chi connectivity index (χ2n) is 2.31. The number of hydrogen-bond acceptors (Lipinski definition) is 4. The van der Waals surface area contributed by atoms with Gasteiger partial charge in [-0.3, -0.25) is 0 Å². The predicted molar refractivity (Wildman–Crippen MR) is 47.5 cm³/mol. The van der Waals surface area contributed by atoms with Crippen LogP contribution < -0.4 is 10.1 Å². The fraction of sp³-hybridized carbons (Fsp3) is 0.500. The monoisotopic (exact) mass is 167 g/mol. The molecule has 0 spiro atoms. The molecule has 12 heavy (non-hydrogen) atoms. The van der Waals surface area contributed by atoms with Crippen LogP contribution in [0.3, 0.4) is 0 Å². The Balaban J connectivity index is 2.94. The predicted octanol–water partition coefficient (Wildman–Crippen LogP) is 1.23. The van der Waals surface area contributed by atoms with Crippen molar-refractivity contribution in [2.75, 3.05) is 19.0 Å². The van der Waals surface area contributed by atoms with Crippen LogP contribution in [0.15, 0.2) is 6.20 Å². The summed E-state index contributed by atoms with van der Waals surface area (Å²) >= 11 is 0. The minimum absolute atomic E-state index is 0.626. The number of rotatable bonds is 3. The summed E-state index contributed by atoms with van der Waals surface area (Å²) in [5.74, 6) is 2.18. The van der Waals surface area contributed by atoms with Gasteiger partial charge in [-0.2, -0.15) is 0 Å². The van der Waals surface area contributed by atoms with Crippen molar-refractivity contribution in [1.82, 2.24) is 9.97 Å². The molecule has 0 aliphatic heterocycles. The van der Waals surface area contributed by atoms with E-state index in [2.05, 4.69) is 15.3 Å². The van der Waals surface area contributed by atoms with E-state index >= 15 is 0 Å². The molecular formula is C8H13N3O. The summed E-state index contributed by atoms with van der Waals surface area (Å²) in [5, 5.41) is 2.95. The van der Waals surface area contributed by atoms with Gasteiger partial charge < -0.3 is 10.1 Å². The van der Waals surface area contributed by atoms with Gasteiger partial charge in [0, 0.05) is 7.05 Å². The van der Waals surface area contributed by atoms with Crippen LogP contribution in [0.2, 0.25) is 0 Å². The van der Waals surface area contributed by atoms with Crippen molar-refractivity contribution < 1.29 is 4.74 Å². The van der Waals surface area contributed by atoms with Crippen molar-refractivity contribution in [3.8, 4) is 5.75 Å². The molecule has 1 heterocycles. The highest BCUT2D eigenvalue weighted by Crippen LogP contribution is 2.19. The number of hydrogen-bond donors (Lipinski definition) is 1. The highest BCUT2D eigenvalue weighted by atomic mass is 16.5. The molecule has 0 atom stereocenters. The maximum absolute atomic E-state index is 5.30. The minimum atomic E-state index is 0.626. The van der Waals surface area contributed by atoms with Crippen molar-refractivity contribution in [2.24, 2.45) is 0 Å². The summed E-state index contributed by atoms with van der Waals surface area (Å²) in [6, 6.07) is 0. The summed E-state index contributed by atoms with van der Waals surface area (Å²) in [6.07, 6.45) is 1.68. The molecule has 0 unspecified atom stereocenters. The molecule has 0 fully saturated rings. The summed E-state index contributed by atoms with van der Waals surface area (Å²) < 4.78 is 5.30. The molecule has 0 saturated carbocycles. The first-order valence-corrected chi connectivity index (χ1v) is 3.92. The lowest BCUT2D eigenvalue weighted by Gasteiger charge is -2.07. The van der Waals surface area contributed by atoms with Gasteiger partial charge >= 0.3 is 0 Å². The number of ether oxygens (including phenoxy) is 1. The second-order valence-corrected chi connectivity index (χ2v) is 2.31.